The van der Waals surface area contributed by atoms with Crippen molar-refractivity contribution in [1.82, 2.24) is 0 Å². The van der Waals surface area contributed by atoms with Crippen LogP contribution in [0.2, 0.25) is 10.0 Å². The van der Waals surface area contributed by atoms with E-state index in [1.807, 2.05) is 44.2 Å². The van der Waals surface area contributed by atoms with Crippen molar-refractivity contribution in [3.8, 4) is 0 Å². The third-order valence-electron chi connectivity index (χ3n) is 6.26. The highest BCUT2D eigenvalue weighted by molar-refractivity contribution is 8.03. The van der Waals surface area contributed by atoms with E-state index in [0.717, 1.165) is 15.4 Å². The summed E-state index contributed by atoms with van der Waals surface area (Å²) in [6, 6.07) is 14.8. The van der Waals surface area contributed by atoms with Crippen LogP contribution in [-0.2, 0) is 16.0 Å². The second kappa shape index (κ2) is 10.1. The molecule has 0 heterocycles. The molecule has 0 bridgehead atoms. The molecule has 2 aromatic rings. The number of halogens is 2. The minimum absolute atomic E-state index is 0.0285. The van der Waals surface area contributed by atoms with Gasteiger partial charge < -0.3 is 10.2 Å². The highest BCUT2D eigenvalue weighted by Gasteiger charge is 2.55. The van der Waals surface area contributed by atoms with Crippen molar-refractivity contribution >= 4 is 46.9 Å². The number of allylic oxidation sites excluding steroid dienone is 1. The fraction of sp³-hybridized carbons (Fsp3) is 0.385. The lowest BCUT2D eigenvalue weighted by Gasteiger charge is -2.46. The van der Waals surface area contributed by atoms with Gasteiger partial charge in [0.2, 0.25) is 0 Å². The summed E-state index contributed by atoms with van der Waals surface area (Å²) in [6.45, 7) is 5.59. The SMILES string of the molecule is CC(C)CC1(C(=O)O)C=C(Sc2cc(Cl)cc(Cl)c2)C(Cc2ccccc2)C(C)(C(=O)O)C1. The van der Waals surface area contributed by atoms with Gasteiger partial charge in [0.05, 0.1) is 10.8 Å². The van der Waals surface area contributed by atoms with Crippen LogP contribution in [0.4, 0.5) is 0 Å². The Kier molecular flexibility index (Phi) is 7.87. The molecule has 0 amide bonds. The molecule has 1 aliphatic carbocycles. The lowest BCUT2D eigenvalue weighted by atomic mass is 9.58. The predicted molar refractivity (Wildman–Crippen MR) is 134 cm³/mol. The van der Waals surface area contributed by atoms with E-state index >= 15 is 0 Å². The molecule has 0 radical (unpaired) electrons. The van der Waals surface area contributed by atoms with Gasteiger partial charge in [-0.1, -0.05) is 85.2 Å². The Morgan fingerprint density at radius 3 is 2.18 bits per heavy atom. The van der Waals surface area contributed by atoms with Crippen molar-refractivity contribution in [2.45, 2.75) is 44.9 Å². The second-order valence-corrected chi connectivity index (χ2v) is 11.5. The molecule has 0 saturated carbocycles. The van der Waals surface area contributed by atoms with Gasteiger partial charge in [0.25, 0.3) is 0 Å². The summed E-state index contributed by atoms with van der Waals surface area (Å²) in [5.74, 6) is -2.33. The molecular formula is C26H28Cl2O4S. The first kappa shape index (κ1) is 25.7. The third-order valence-corrected chi connectivity index (χ3v) is 7.80. The number of aliphatic carboxylic acids is 2. The number of thioether (sulfide) groups is 1. The zero-order chi connectivity index (χ0) is 24.4. The molecule has 2 N–H and O–H groups in total. The van der Waals surface area contributed by atoms with E-state index < -0.39 is 28.7 Å². The fourth-order valence-electron chi connectivity index (χ4n) is 4.83. The Labute approximate surface area is 209 Å². The summed E-state index contributed by atoms with van der Waals surface area (Å²) in [5, 5.41) is 21.6. The molecule has 7 heteroatoms. The largest absolute Gasteiger partial charge is 0.481 e. The van der Waals surface area contributed by atoms with Gasteiger partial charge in [-0.2, -0.15) is 0 Å². The van der Waals surface area contributed by atoms with E-state index in [-0.39, 0.29) is 12.3 Å². The van der Waals surface area contributed by atoms with Gasteiger partial charge >= 0.3 is 11.9 Å². The highest BCUT2D eigenvalue weighted by atomic mass is 35.5. The van der Waals surface area contributed by atoms with E-state index in [2.05, 4.69) is 0 Å². The molecule has 3 unspecified atom stereocenters. The minimum Gasteiger partial charge on any atom is -0.481 e. The number of hydrogen-bond acceptors (Lipinski definition) is 3. The summed E-state index contributed by atoms with van der Waals surface area (Å²) in [4.78, 5) is 26.8. The topological polar surface area (TPSA) is 74.6 Å². The van der Waals surface area contributed by atoms with Crippen molar-refractivity contribution in [1.29, 1.82) is 0 Å². The second-order valence-electron chi connectivity index (χ2n) is 9.45. The monoisotopic (exact) mass is 506 g/mol. The van der Waals surface area contributed by atoms with Crippen molar-refractivity contribution in [2.24, 2.45) is 22.7 Å². The molecule has 176 valence electrons. The Morgan fingerprint density at radius 1 is 1.06 bits per heavy atom. The van der Waals surface area contributed by atoms with Crippen molar-refractivity contribution < 1.29 is 19.8 Å². The summed E-state index contributed by atoms with van der Waals surface area (Å²) < 4.78 is 0. The van der Waals surface area contributed by atoms with Gasteiger partial charge in [-0.05, 0) is 60.8 Å². The Balaban J connectivity index is 2.19. The van der Waals surface area contributed by atoms with Crippen LogP contribution >= 0.6 is 35.0 Å². The summed E-state index contributed by atoms with van der Waals surface area (Å²) in [5.41, 5.74) is -1.56. The molecule has 0 spiro atoms. The van der Waals surface area contributed by atoms with E-state index in [0.29, 0.717) is 22.9 Å². The van der Waals surface area contributed by atoms with E-state index in [9.17, 15) is 19.8 Å². The van der Waals surface area contributed by atoms with Gasteiger partial charge in [0.1, 0.15) is 0 Å². The molecule has 3 rings (SSSR count). The minimum atomic E-state index is -1.28. The molecule has 0 fully saturated rings. The molecule has 33 heavy (non-hydrogen) atoms. The van der Waals surface area contributed by atoms with Gasteiger partial charge in [0, 0.05) is 20.9 Å². The maximum atomic E-state index is 12.7. The van der Waals surface area contributed by atoms with Gasteiger partial charge in [-0.25, -0.2) is 0 Å². The highest BCUT2D eigenvalue weighted by Crippen LogP contribution is 2.56. The predicted octanol–water partition coefficient (Wildman–Crippen LogP) is 7.44. The normalized spacial score (nSPS) is 25.0. The summed E-state index contributed by atoms with van der Waals surface area (Å²) in [7, 11) is 0. The Bertz CT molecular complexity index is 1050. The summed E-state index contributed by atoms with van der Waals surface area (Å²) in [6.07, 6.45) is 2.66. The number of hydrogen-bond donors (Lipinski definition) is 2. The van der Waals surface area contributed by atoms with Crippen LogP contribution in [-0.4, -0.2) is 22.2 Å². The summed E-state index contributed by atoms with van der Waals surface area (Å²) >= 11 is 13.8. The zero-order valence-corrected chi connectivity index (χ0v) is 21.2. The van der Waals surface area contributed by atoms with Crippen molar-refractivity contribution in [3.63, 3.8) is 0 Å². The number of benzene rings is 2. The Hall–Kier alpha value is -1.95. The van der Waals surface area contributed by atoms with Crippen molar-refractivity contribution in [3.05, 3.63) is 75.1 Å². The molecule has 0 aliphatic heterocycles. The van der Waals surface area contributed by atoms with Crippen LogP contribution < -0.4 is 0 Å². The first-order valence-electron chi connectivity index (χ1n) is 10.8. The number of rotatable bonds is 8. The maximum absolute atomic E-state index is 12.7. The molecule has 0 saturated heterocycles. The average molecular weight is 507 g/mol. The van der Waals surface area contributed by atoms with E-state index in [1.54, 1.807) is 31.2 Å². The molecule has 2 aromatic carbocycles. The van der Waals surface area contributed by atoms with Crippen LogP contribution in [0.5, 0.6) is 0 Å². The lowest BCUT2D eigenvalue weighted by Crippen LogP contribution is -2.48. The molecular weight excluding hydrogens is 479 g/mol. The maximum Gasteiger partial charge on any atom is 0.313 e. The van der Waals surface area contributed by atoms with E-state index in [1.165, 1.54) is 11.8 Å². The average Bonchev–Trinajstić information content (AvgIpc) is 2.70. The van der Waals surface area contributed by atoms with Gasteiger partial charge in [-0.15, -0.1) is 0 Å². The van der Waals surface area contributed by atoms with E-state index in [4.69, 9.17) is 23.2 Å². The molecule has 4 nitrogen and oxygen atoms in total. The van der Waals surface area contributed by atoms with Gasteiger partial charge in [0.15, 0.2) is 0 Å². The standard InChI is InChI=1S/C26H28Cl2O4S/c1-16(2)13-26(24(31)32)14-22(33-20-11-18(27)10-19(28)12-20)21(25(3,15-26)23(29)30)9-17-7-5-4-6-8-17/h4-8,10-12,14,16,21H,9,13,15H2,1-3H3,(H,29,30)(H,31,32). The van der Waals surface area contributed by atoms with Crippen LogP contribution in [0.15, 0.2) is 64.4 Å². The quantitative estimate of drug-likeness (QED) is 0.388. The van der Waals surface area contributed by atoms with Gasteiger partial charge in [-0.3, -0.25) is 9.59 Å². The number of carboxylic acid groups (broad SMARTS) is 2. The Morgan fingerprint density at radius 2 is 1.67 bits per heavy atom. The van der Waals surface area contributed by atoms with Crippen LogP contribution in [0, 0.1) is 22.7 Å². The van der Waals surface area contributed by atoms with Crippen LogP contribution in [0.3, 0.4) is 0 Å². The molecule has 1 aliphatic rings. The number of carbonyl (C=O) groups is 2. The van der Waals surface area contributed by atoms with Crippen molar-refractivity contribution in [2.75, 3.05) is 0 Å². The molecule has 3 atom stereocenters. The van der Waals surface area contributed by atoms with Crippen LogP contribution in [0.1, 0.15) is 39.2 Å². The lowest BCUT2D eigenvalue weighted by molar-refractivity contribution is -0.159. The third kappa shape index (κ3) is 5.76. The van der Waals surface area contributed by atoms with Crippen LogP contribution in [0.25, 0.3) is 0 Å². The first-order chi connectivity index (χ1) is 15.4. The smallest absolute Gasteiger partial charge is 0.313 e. The first-order valence-corrected chi connectivity index (χ1v) is 12.4. The zero-order valence-electron chi connectivity index (χ0n) is 18.8. The fourth-order valence-corrected chi connectivity index (χ4v) is 6.89. The number of carboxylic acids is 2. The molecule has 0 aromatic heterocycles.